The number of ether oxygens (including phenoxy) is 4. The molecular weight excluding hydrogens is 424 g/mol. The number of methoxy groups -OCH3 is 1. The van der Waals surface area contributed by atoms with Crippen molar-refractivity contribution in [2.75, 3.05) is 33.6 Å². The van der Waals surface area contributed by atoms with Gasteiger partial charge in [0.25, 0.3) is 5.91 Å². The molecule has 0 aromatic heterocycles. The first-order chi connectivity index (χ1) is 16.1. The maximum Gasteiger partial charge on any atom is 0.409 e. The molecule has 1 saturated heterocycles. The van der Waals surface area contributed by atoms with E-state index >= 15 is 0 Å². The fourth-order valence-electron chi connectivity index (χ4n) is 4.36. The van der Waals surface area contributed by atoms with Crippen LogP contribution in [0.3, 0.4) is 0 Å². The molecule has 0 radical (unpaired) electrons. The van der Waals surface area contributed by atoms with E-state index in [9.17, 15) is 9.59 Å². The summed E-state index contributed by atoms with van der Waals surface area (Å²) in [7, 11) is 1.55. The van der Waals surface area contributed by atoms with Gasteiger partial charge in [-0.1, -0.05) is 36.4 Å². The minimum atomic E-state index is -0.705. The third-order valence-electron chi connectivity index (χ3n) is 6.07. The standard InChI is InChI=1S/C25H30N2O6/c1-3-31-25(29)26-13-11-20(12-14-26)27(16-18-9-10-21-22(15-18)33-17-32-21)24(28)23(30-2)19-7-5-4-6-8-19/h4-10,15,20,23H,3,11-14,16-17H2,1-2H3. The van der Waals surface area contributed by atoms with Crippen LogP contribution in [0.5, 0.6) is 11.5 Å². The van der Waals surface area contributed by atoms with Crippen molar-refractivity contribution >= 4 is 12.0 Å². The zero-order chi connectivity index (χ0) is 23.2. The van der Waals surface area contributed by atoms with Gasteiger partial charge in [0, 0.05) is 32.8 Å². The van der Waals surface area contributed by atoms with Crippen LogP contribution < -0.4 is 9.47 Å². The molecule has 8 nitrogen and oxygen atoms in total. The number of rotatable bonds is 7. The average Bonchev–Trinajstić information content (AvgIpc) is 3.32. The highest BCUT2D eigenvalue weighted by molar-refractivity contribution is 5.82. The molecular formula is C25H30N2O6. The number of carbonyl (C=O) groups excluding carboxylic acids is 2. The van der Waals surface area contributed by atoms with Gasteiger partial charge in [-0.05, 0) is 43.0 Å². The Morgan fingerprint density at radius 3 is 2.52 bits per heavy atom. The molecule has 8 heteroatoms. The summed E-state index contributed by atoms with van der Waals surface area (Å²) in [5.41, 5.74) is 1.76. The Morgan fingerprint density at radius 1 is 1.09 bits per heavy atom. The first kappa shape index (κ1) is 22.9. The molecule has 1 atom stereocenters. The van der Waals surface area contributed by atoms with Gasteiger partial charge in [-0.3, -0.25) is 4.79 Å². The molecule has 1 fully saturated rings. The maximum absolute atomic E-state index is 13.8. The zero-order valence-corrected chi connectivity index (χ0v) is 19.1. The summed E-state index contributed by atoms with van der Waals surface area (Å²) < 4.78 is 21.7. The summed E-state index contributed by atoms with van der Waals surface area (Å²) in [4.78, 5) is 29.5. The van der Waals surface area contributed by atoms with Crippen molar-refractivity contribution < 1.29 is 28.5 Å². The molecule has 2 aromatic carbocycles. The predicted octanol–water partition coefficient (Wildman–Crippen LogP) is 3.75. The highest BCUT2D eigenvalue weighted by Crippen LogP contribution is 2.34. The molecule has 0 N–H and O–H groups in total. The predicted molar refractivity (Wildman–Crippen MR) is 121 cm³/mol. The Balaban J connectivity index is 1.55. The third-order valence-corrected chi connectivity index (χ3v) is 6.07. The Bertz CT molecular complexity index is 959. The summed E-state index contributed by atoms with van der Waals surface area (Å²) >= 11 is 0. The lowest BCUT2D eigenvalue weighted by molar-refractivity contribution is -0.146. The summed E-state index contributed by atoms with van der Waals surface area (Å²) in [5.74, 6) is 1.29. The fourth-order valence-corrected chi connectivity index (χ4v) is 4.36. The fraction of sp³-hybridized carbons (Fsp3) is 0.440. The normalized spacial score (nSPS) is 16.4. The maximum atomic E-state index is 13.8. The van der Waals surface area contributed by atoms with E-state index in [1.54, 1.807) is 18.9 Å². The zero-order valence-electron chi connectivity index (χ0n) is 19.1. The molecule has 2 heterocycles. The molecule has 2 aromatic rings. The molecule has 1 unspecified atom stereocenters. The number of hydrogen-bond donors (Lipinski definition) is 0. The van der Waals surface area contributed by atoms with E-state index in [1.807, 2.05) is 53.4 Å². The summed E-state index contributed by atoms with van der Waals surface area (Å²) in [6.07, 6.45) is 0.327. The topological polar surface area (TPSA) is 77.5 Å². The minimum absolute atomic E-state index is 0.0324. The van der Waals surface area contributed by atoms with Gasteiger partial charge in [0.05, 0.1) is 6.61 Å². The van der Waals surface area contributed by atoms with Crippen molar-refractivity contribution in [3.63, 3.8) is 0 Å². The highest BCUT2D eigenvalue weighted by atomic mass is 16.7. The number of piperidine rings is 1. The Labute approximate surface area is 194 Å². The van der Waals surface area contributed by atoms with Crippen LogP contribution in [0.1, 0.15) is 37.0 Å². The van der Waals surface area contributed by atoms with Gasteiger partial charge < -0.3 is 28.7 Å². The summed E-state index contributed by atoms with van der Waals surface area (Å²) in [6.45, 7) is 3.83. The van der Waals surface area contributed by atoms with Crippen LogP contribution in [0.15, 0.2) is 48.5 Å². The van der Waals surface area contributed by atoms with Gasteiger partial charge in [-0.25, -0.2) is 4.79 Å². The molecule has 0 saturated carbocycles. The first-order valence-corrected chi connectivity index (χ1v) is 11.3. The number of carbonyl (C=O) groups is 2. The number of benzene rings is 2. The van der Waals surface area contributed by atoms with E-state index in [0.29, 0.717) is 50.6 Å². The first-order valence-electron chi connectivity index (χ1n) is 11.3. The van der Waals surface area contributed by atoms with E-state index in [0.717, 1.165) is 11.1 Å². The van der Waals surface area contributed by atoms with Gasteiger partial charge in [0.15, 0.2) is 17.6 Å². The molecule has 176 valence electrons. The Hall–Kier alpha value is -3.26. The lowest BCUT2D eigenvalue weighted by atomic mass is 10.00. The van der Waals surface area contributed by atoms with Crippen molar-refractivity contribution in [1.82, 2.24) is 9.80 Å². The summed E-state index contributed by atoms with van der Waals surface area (Å²) in [6, 6.07) is 15.2. The van der Waals surface area contributed by atoms with Crippen LogP contribution in [-0.4, -0.2) is 61.4 Å². The largest absolute Gasteiger partial charge is 0.454 e. The van der Waals surface area contributed by atoms with E-state index in [2.05, 4.69) is 0 Å². The highest BCUT2D eigenvalue weighted by Gasteiger charge is 2.34. The van der Waals surface area contributed by atoms with Gasteiger partial charge in [-0.15, -0.1) is 0 Å². The van der Waals surface area contributed by atoms with Crippen molar-refractivity contribution in [2.45, 2.75) is 38.5 Å². The van der Waals surface area contributed by atoms with Crippen molar-refractivity contribution in [2.24, 2.45) is 0 Å². The molecule has 2 aliphatic rings. The number of fused-ring (bicyclic) bond motifs is 1. The van der Waals surface area contributed by atoms with E-state index in [4.69, 9.17) is 18.9 Å². The van der Waals surface area contributed by atoms with E-state index in [-0.39, 0.29) is 24.8 Å². The van der Waals surface area contributed by atoms with Gasteiger partial charge in [0.1, 0.15) is 0 Å². The quantitative estimate of drug-likeness (QED) is 0.634. The smallest absolute Gasteiger partial charge is 0.409 e. The van der Waals surface area contributed by atoms with E-state index < -0.39 is 6.10 Å². The van der Waals surface area contributed by atoms with E-state index in [1.165, 1.54) is 0 Å². The summed E-state index contributed by atoms with van der Waals surface area (Å²) in [5, 5.41) is 0. The van der Waals surface area contributed by atoms with Gasteiger partial charge in [0.2, 0.25) is 6.79 Å². The lowest BCUT2D eigenvalue weighted by Crippen LogP contribution is -2.49. The number of likely N-dealkylation sites (tertiary alicyclic amines) is 1. The van der Waals surface area contributed by atoms with Crippen LogP contribution in [0, 0.1) is 0 Å². The molecule has 0 spiro atoms. The van der Waals surface area contributed by atoms with Crippen LogP contribution >= 0.6 is 0 Å². The number of nitrogens with zero attached hydrogens (tertiary/aromatic N) is 2. The van der Waals surface area contributed by atoms with Gasteiger partial charge in [-0.2, -0.15) is 0 Å². The number of hydrogen-bond acceptors (Lipinski definition) is 6. The van der Waals surface area contributed by atoms with Crippen LogP contribution in [0.4, 0.5) is 4.79 Å². The molecule has 0 aliphatic carbocycles. The molecule has 4 rings (SSSR count). The van der Waals surface area contributed by atoms with Crippen molar-refractivity contribution in [1.29, 1.82) is 0 Å². The second-order valence-electron chi connectivity index (χ2n) is 8.10. The monoisotopic (exact) mass is 454 g/mol. The SMILES string of the molecule is CCOC(=O)N1CCC(N(Cc2ccc3c(c2)OCO3)C(=O)C(OC)c2ccccc2)CC1. The van der Waals surface area contributed by atoms with Crippen molar-refractivity contribution in [3.8, 4) is 11.5 Å². The second kappa shape index (κ2) is 10.6. The molecule has 0 bridgehead atoms. The molecule has 2 amide bonds. The van der Waals surface area contributed by atoms with Gasteiger partial charge >= 0.3 is 6.09 Å². The second-order valence-corrected chi connectivity index (χ2v) is 8.10. The molecule has 33 heavy (non-hydrogen) atoms. The third kappa shape index (κ3) is 5.22. The average molecular weight is 455 g/mol. The molecule has 2 aliphatic heterocycles. The van der Waals surface area contributed by atoms with Crippen LogP contribution in [-0.2, 0) is 20.8 Å². The lowest BCUT2D eigenvalue weighted by Gasteiger charge is -2.39. The van der Waals surface area contributed by atoms with Crippen LogP contribution in [0.25, 0.3) is 0 Å². The van der Waals surface area contributed by atoms with Crippen molar-refractivity contribution in [3.05, 3.63) is 59.7 Å². The Kier molecular flexibility index (Phi) is 7.34. The number of amides is 2. The minimum Gasteiger partial charge on any atom is -0.454 e. The van der Waals surface area contributed by atoms with Crippen LogP contribution in [0.2, 0.25) is 0 Å². The Morgan fingerprint density at radius 2 is 1.82 bits per heavy atom.